The minimum atomic E-state index is -0.964. The number of carbonyl (C=O) groups is 2. The number of carbonyl (C=O) groups excluding carboxylic acids is 2. The number of ether oxygens (including phenoxy) is 2. The van der Waals surface area contributed by atoms with Gasteiger partial charge in [0.05, 0.1) is 25.8 Å². The Morgan fingerprint density at radius 2 is 2.03 bits per heavy atom. The van der Waals surface area contributed by atoms with E-state index in [1.54, 1.807) is 32.4 Å². The lowest BCUT2D eigenvalue weighted by atomic mass is 9.78. The van der Waals surface area contributed by atoms with Crippen LogP contribution in [0.4, 0.5) is 11.4 Å². The predicted octanol–water partition coefficient (Wildman–Crippen LogP) is 2.97. The number of rotatable bonds is 4. The van der Waals surface area contributed by atoms with Gasteiger partial charge in [-0.1, -0.05) is 18.2 Å². The van der Waals surface area contributed by atoms with Crippen molar-refractivity contribution in [3.8, 4) is 11.5 Å². The molecule has 0 bridgehead atoms. The largest absolute Gasteiger partial charge is 0.497 e. The van der Waals surface area contributed by atoms with Gasteiger partial charge in [-0.05, 0) is 44.0 Å². The van der Waals surface area contributed by atoms with Crippen molar-refractivity contribution in [3.05, 3.63) is 48.0 Å². The zero-order valence-corrected chi connectivity index (χ0v) is 17.1. The van der Waals surface area contributed by atoms with E-state index in [2.05, 4.69) is 15.5 Å². The summed E-state index contributed by atoms with van der Waals surface area (Å²) in [6, 6.07) is 13.2. The van der Waals surface area contributed by atoms with E-state index < -0.39 is 11.5 Å². The van der Waals surface area contributed by atoms with Crippen molar-refractivity contribution in [1.29, 1.82) is 0 Å². The molecule has 2 amide bonds. The summed E-state index contributed by atoms with van der Waals surface area (Å²) in [6.45, 7) is 0.818. The Kier molecular flexibility index (Phi) is 4.43. The van der Waals surface area contributed by atoms with E-state index in [1.165, 1.54) is 0 Å². The first kappa shape index (κ1) is 18.9. The van der Waals surface area contributed by atoms with Crippen LogP contribution in [0.5, 0.6) is 11.5 Å². The van der Waals surface area contributed by atoms with Gasteiger partial charge in [0.25, 0.3) is 0 Å². The van der Waals surface area contributed by atoms with Crippen molar-refractivity contribution in [1.82, 2.24) is 4.90 Å². The van der Waals surface area contributed by atoms with Gasteiger partial charge in [-0.2, -0.15) is 0 Å². The number of anilines is 2. The smallest absolute Gasteiger partial charge is 0.250 e. The zero-order chi connectivity index (χ0) is 20.9. The number of nitrogens with zero attached hydrogens (tertiary/aromatic N) is 1. The number of methoxy groups -OCH3 is 2. The Morgan fingerprint density at radius 3 is 2.83 bits per heavy atom. The van der Waals surface area contributed by atoms with Crippen molar-refractivity contribution >= 4 is 23.2 Å². The van der Waals surface area contributed by atoms with Crippen LogP contribution >= 0.6 is 0 Å². The van der Waals surface area contributed by atoms with E-state index >= 15 is 0 Å². The van der Waals surface area contributed by atoms with Gasteiger partial charge in [-0.15, -0.1) is 0 Å². The third-order valence-electron chi connectivity index (χ3n) is 6.76. The van der Waals surface area contributed by atoms with Crippen molar-refractivity contribution < 1.29 is 19.1 Å². The quantitative estimate of drug-likeness (QED) is 0.815. The average molecular weight is 407 g/mol. The Hall–Kier alpha value is -3.06. The number of nitrogens with one attached hydrogen (secondary N) is 2. The second-order valence-electron chi connectivity index (χ2n) is 8.10. The molecular weight excluding hydrogens is 382 g/mol. The molecule has 1 spiro atoms. The van der Waals surface area contributed by atoms with Crippen molar-refractivity contribution in [3.63, 3.8) is 0 Å². The summed E-state index contributed by atoms with van der Waals surface area (Å²) >= 11 is 0. The molecule has 3 aliphatic heterocycles. The summed E-state index contributed by atoms with van der Waals surface area (Å²) in [4.78, 5) is 29.3. The lowest BCUT2D eigenvalue weighted by Crippen LogP contribution is -2.53. The zero-order valence-electron chi connectivity index (χ0n) is 17.1. The topological polar surface area (TPSA) is 79.9 Å². The van der Waals surface area contributed by atoms with Crippen molar-refractivity contribution in [2.45, 2.75) is 30.8 Å². The minimum absolute atomic E-state index is 0.106. The molecule has 2 saturated heterocycles. The summed E-state index contributed by atoms with van der Waals surface area (Å²) in [5.41, 5.74) is 1.27. The molecule has 0 aromatic heterocycles. The minimum Gasteiger partial charge on any atom is -0.497 e. The van der Waals surface area contributed by atoms with E-state index in [0.29, 0.717) is 23.6 Å². The van der Waals surface area contributed by atoms with E-state index in [0.717, 1.165) is 30.6 Å². The molecule has 7 heteroatoms. The molecule has 2 aromatic carbocycles. The number of amides is 2. The molecule has 7 nitrogen and oxygen atoms in total. The maximum Gasteiger partial charge on any atom is 0.250 e. The number of hydrogen-bond acceptors (Lipinski definition) is 5. The van der Waals surface area contributed by atoms with Crippen LogP contribution in [0.3, 0.4) is 0 Å². The summed E-state index contributed by atoms with van der Waals surface area (Å²) in [5, 5.41) is 6.05. The molecule has 0 saturated carbocycles. The number of fused-ring (bicyclic) bond motifs is 4. The molecule has 0 radical (unpaired) electrons. The van der Waals surface area contributed by atoms with Crippen LogP contribution in [0, 0.1) is 5.92 Å². The lowest BCUT2D eigenvalue weighted by molar-refractivity contribution is -0.135. The molecule has 3 atom stereocenters. The van der Waals surface area contributed by atoms with Gasteiger partial charge in [0.15, 0.2) is 0 Å². The summed E-state index contributed by atoms with van der Waals surface area (Å²) in [6.07, 6.45) is 2.70. The summed E-state index contributed by atoms with van der Waals surface area (Å²) < 4.78 is 10.7. The lowest BCUT2D eigenvalue weighted by Gasteiger charge is -2.36. The van der Waals surface area contributed by atoms with Gasteiger partial charge >= 0.3 is 0 Å². The fourth-order valence-corrected chi connectivity index (χ4v) is 5.51. The molecule has 3 heterocycles. The molecule has 3 unspecified atom stereocenters. The summed E-state index contributed by atoms with van der Waals surface area (Å²) in [7, 11) is 3.14. The first-order chi connectivity index (χ1) is 14.6. The van der Waals surface area contributed by atoms with Crippen molar-refractivity contribution in [2.24, 2.45) is 5.92 Å². The maximum atomic E-state index is 13.6. The second kappa shape index (κ2) is 7.02. The Morgan fingerprint density at radius 1 is 1.20 bits per heavy atom. The van der Waals surface area contributed by atoms with Gasteiger partial charge < -0.3 is 20.1 Å². The normalized spacial score (nSPS) is 26.9. The average Bonchev–Trinajstić information content (AvgIpc) is 3.42. The van der Waals surface area contributed by atoms with Gasteiger partial charge in [-0.3, -0.25) is 14.5 Å². The predicted molar refractivity (Wildman–Crippen MR) is 113 cm³/mol. The first-order valence-corrected chi connectivity index (χ1v) is 10.3. The molecule has 30 heavy (non-hydrogen) atoms. The molecule has 5 rings (SSSR count). The highest BCUT2D eigenvalue weighted by molar-refractivity contribution is 6.10. The molecule has 2 aromatic rings. The van der Waals surface area contributed by atoms with Crippen LogP contribution in [0.15, 0.2) is 42.5 Å². The number of hydrogen-bond donors (Lipinski definition) is 2. The first-order valence-electron chi connectivity index (χ1n) is 10.3. The monoisotopic (exact) mass is 407 g/mol. The molecular formula is C23H25N3O4. The molecule has 3 aliphatic rings. The highest BCUT2D eigenvalue weighted by Crippen LogP contribution is 2.55. The van der Waals surface area contributed by atoms with E-state index in [9.17, 15) is 9.59 Å². The fraction of sp³-hybridized carbons (Fsp3) is 0.391. The SMILES string of the molecule is COc1ccc(OC)c(NC(=O)C2CC3CCCN3C23C(=O)Nc2ccccc23)c1. The van der Waals surface area contributed by atoms with Gasteiger partial charge in [-0.25, -0.2) is 0 Å². The third-order valence-corrected chi connectivity index (χ3v) is 6.76. The Labute approximate surface area is 175 Å². The highest BCUT2D eigenvalue weighted by atomic mass is 16.5. The number of para-hydroxylation sites is 1. The van der Waals surface area contributed by atoms with Crippen LogP contribution in [-0.2, 0) is 15.1 Å². The Balaban J connectivity index is 1.56. The van der Waals surface area contributed by atoms with Crippen LogP contribution in [-0.4, -0.2) is 43.5 Å². The van der Waals surface area contributed by atoms with Crippen LogP contribution < -0.4 is 20.1 Å². The van der Waals surface area contributed by atoms with Gasteiger partial charge in [0.1, 0.15) is 17.0 Å². The van der Waals surface area contributed by atoms with E-state index in [1.807, 2.05) is 24.3 Å². The highest BCUT2D eigenvalue weighted by Gasteiger charge is 2.65. The van der Waals surface area contributed by atoms with E-state index in [4.69, 9.17) is 9.47 Å². The van der Waals surface area contributed by atoms with Crippen molar-refractivity contribution in [2.75, 3.05) is 31.4 Å². The van der Waals surface area contributed by atoms with Crippen LogP contribution in [0.25, 0.3) is 0 Å². The molecule has 0 aliphatic carbocycles. The maximum absolute atomic E-state index is 13.6. The standard InChI is InChI=1S/C23H25N3O4/c1-29-15-9-10-20(30-2)19(13-15)24-21(27)17-12-14-6-5-11-26(14)23(17)16-7-3-4-8-18(16)25-22(23)28/h3-4,7-10,13-14,17H,5-6,11-12H2,1-2H3,(H,24,27)(H,25,28). The summed E-state index contributed by atoms with van der Waals surface area (Å²) in [5.74, 6) is 0.390. The van der Waals surface area contributed by atoms with Gasteiger partial charge in [0, 0.05) is 23.4 Å². The van der Waals surface area contributed by atoms with E-state index in [-0.39, 0.29) is 17.9 Å². The van der Waals surface area contributed by atoms with Crippen LogP contribution in [0.1, 0.15) is 24.8 Å². The third kappa shape index (κ3) is 2.55. The molecule has 2 fully saturated rings. The number of benzene rings is 2. The van der Waals surface area contributed by atoms with Gasteiger partial charge in [0.2, 0.25) is 11.8 Å². The van der Waals surface area contributed by atoms with Crippen LogP contribution in [0.2, 0.25) is 0 Å². The fourth-order valence-electron chi connectivity index (χ4n) is 5.51. The molecule has 2 N–H and O–H groups in total. The molecule has 156 valence electrons. The Bertz CT molecular complexity index is 1020. The second-order valence-corrected chi connectivity index (χ2v) is 8.10.